The van der Waals surface area contributed by atoms with Gasteiger partial charge in [-0.1, -0.05) is 15.9 Å². The Hall–Kier alpha value is -0.580. The molecule has 0 radical (unpaired) electrons. The van der Waals surface area contributed by atoms with Crippen molar-refractivity contribution < 1.29 is 4.79 Å². The number of aryl methyl sites for hydroxylation is 1. The molecule has 0 spiro atoms. The molecule has 1 aromatic rings. The number of hydrogen-bond acceptors (Lipinski definition) is 2. The van der Waals surface area contributed by atoms with Crippen molar-refractivity contribution in [2.45, 2.75) is 19.9 Å². The molecular weight excluding hydrogens is 316 g/mol. The van der Waals surface area contributed by atoms with Gasteiger partial charge in [0.1, 0.15) is 0 Å². The summed E-state index contributed by atoms with van der Waals surface area (Å²) in [6.07, 6.45) is 0. The van der Waals surface area contributed by atoms with Gasteiger partial charge in [-0.2, -0.15) is 0 Å². The highest BCUT2D eigenvalue weighted by Gasteiger charge is 2.24. The van der Waals surface area contributed by atoms with Gasteiger partial charge in [-0.15, -0.1) is 12.4 Å². The molecule has 18 heavy (non-hydrogen) atoms. The van der Waals surface area contributed by atoms with Crippen molar-refractivity contribution in [3.8, 4) is 0 Å². The number of hydrogen-bond donors (Lipinski definition) is 1. The Balaban J connectivity index is 0.00000162. The molecule has 100 valence electrons. The van der Waals surface area contributed by atoms with Crippen LogP contribution >= 0.6 is 28.3 Å². The Bertz CT molecular complexity index is 439. The molecule has 1 aromatic carbocycles. The second-order valence-corrected chi connectivity index (χ2v) is 5.43. The molecule has 1 aliphatic rings. The molecule has 1 heterocycles. The standard InChI is InChI=1S/C13H17BrN2O.ClH/c1-9-7-11(14)3-4-12(9)13(17)16-6-5-15-8-10(16)2;/h3-4,7,10,15H,5-6,8H2,1-2H3;1H. The van der Waals surface area contributed by atoms with Crippen LogP contribution in [0, 0.1) is 6.92 Å². The summed E-state index contributed by atoms with van der Waals surface area (Å²) >= 11 is 3.42. The highest BCUT2D eigenvalue weighted by molar-refractivity contribution is 9.10. The molecule has 1 fully saturated rings. The maximum atomic E-state index is 12.4. The molecule has 1 unspecified atom stereocenters. The van der Waals surface area contributed by atoms with Gasteiger partial charge in [0, 0.05) is 35.7 Å². The lowest BCUT2D eigenvalue weighted by molar-refractivity contribution is 0.0655. The van der Waals surface area contributed by atoms with E-state index in [0.29, 0.717) is 0 Å². The number of carbonyl (C=O) groups is 1. The van der Waals surface area contributed by atoms with E-state index < -0.39 is 0 Å². The summed E-state index contributed by atoms with van der Waals surface area (Å²) in [5.74, 6) is 0.143. The Morgan fingerprint density at radius 2 is 2.22 bits per heavy atom. The zero-order chi connectivity index (χ0) is 12.4. The van der Waals surface area contributed by atoms with Crippen LogP contribution in [0.1, 0.15) is 22.8 Å². The van der Waals surface area contributed by atoms with Crippen molar-refractivity contribution in [3.63, 3.8) is 0 Å². The highest BCUT2D eigenvalue weighted by atomic mass is 79.9. The van der Waals surface area contributed by atoms with E-state index >= 15 is 0 Å². The molecule has 0 aromatic heterocycles. The minimum Gasteiger partial charge on any atom is -0.333 e. The molecule has 3 nitrogen and oxygen atoms in total. The first kappa shape index (κ1) is 15.5. The fraction of sp³-hybridized carbons (Fsp3) is 0.462. The van der Waals surface area contributed by atoms with Gasteiger partial charge >= 0.3 is 0 Å². The lowest BCUT2D eigenvalue weighted by Crippen LogP contribution is -2.52. The predicted molar refractivity (Wildman–Crippen MR) is 79.5 cm³/mol. The van der Waals surface area contributed by atoms with Crippen LogP contribution in [0.15, 0.2) is 22.7 Å². The van der Waals surface area contributed by atoms with Crippen LogP contribution in [-0.2, 0) is 0 Å². The SMILES string of the molecule is Cc1cc(Br)ccc1C(=O)N1CCNCC1C.Cl. The molecular formula is C13H18BrClN2O. The lowest BCUT2D eigenvalue weighted by Gasteiger charge is -2.34. The minimum absolute atomic E-state index is 0. The van der Waals surface area contributed by atoms with Crippen molar-refractivity contribution in [3.05, 3.63) is 33.8 Å². The third-order valence-corrected chi connectivity index (χ3v) is 3.67. The second-order valence-electron chi connectivity index (χ2n) is 4.51. The van der Waals surface area contributed by atoms with E-state index in [1.165, 1.54) is 0 Å². The van der Waals surface area contributed by atoms with Crippen LogP contribution in [-0.4, -0.2) is 36.5 Å². The summed E-state index contributed by atoms with van der Waals surface area (Å²) in [7, 11) is 0. The molecule has 1 amide bonds. The third kappa shape index (κ3) is 3.25. The Morgan fingerprint density at radius 1 is 1.50 bits per heavy atom. The van der Waals surface area contributed by atoms with E-state index in [0.717, 1.165) is 35.2 Å². The number of carbonyl (C=O) groups excluding carboxylic acids is 1. The largest absolute Gasteiger partial charge is 0.333 e. The number of benzene rings is 1. The number of nitrogens with one attached hydrogen (secondary N) is 1. The summed E-state index contributed by atoms with van der Waals surface area (Å²) < 4.78 is 1.01. The quantitative estimate of drug-likeness (QED) is 0.857. The fourth-order valence-corrected chi connectivity index (χ4v) is 2.64. The monoisotopic (exact) mass is 332 g/mol. The number of halogens is 2. The smallest absolute Gasteiger partial charge is 0.254 e. The topological polar surface area (TPSA) is 32.3 Å². The second kappa shape index (κ2) is 6.55. The van der Waals surface area contributed by atoms with Gasteiger partial charge in [-0.3, -0.25) is 4.79 Å². The van der Waals surface area contributed by atoms with Crippen LogP contribution in [0.3, 0.4) is 0 Å². The fourth-order valence-electron chi connectivity index (χ4n) is 2.16. The molecule has 1 atom stereocenters. The normalized spacial score (nSPS) is 19.3. The summed E-state index contributed by atoms with van der Waals surface area (Å²) in [6, 6.07) is 6.07. The van der Waals surface area contributed by atoms with E-state index in [4.69, 9.17) is 0 Å². The van der Waals surface area contributed by atoms with Gasteiger partial charge in [0.25, 0.3) is 5.91 Å². The maximum Gasteiger partial charge on any atom is 0.254 e. The summed E-state index contributed by atoms with van der Waals surface area (Å²) in [5, 5.41) is 3.29. The molecule has 1 N–H and O–H groups in total. The first-order valence-corrected chi connectivity index (χ1v) is 6.66. The number of amides is 1. The Morgan fingerprint density at radius 3 is 2.83 bits per heavy atom. The van der Waals surface area contributed by atoms with Crippen LogP contribution in [0.25, 0.3) is 0 Å². The van der Waals surface area contributed by atoms with E-state index in [1.54, 1.807) is 0 Å². The molecule has 1 saturated heterocycles. The number of nitrogens with zero attached hydrogens (tertiary/aromatic N) is 1. The van der Waals surface area contributed by atoms with Gasteiger partial charge in [-0.05, 0) is 37.6 Å². The third-order valence-electron chi connectivity index (χ3n) is 3.18. The average molecular weight is 334 g/mol. The summed E-state index contributed by atoms with van der Waals surface area (Å²) in [6.45, 7) is 6.60. The molecule has 0 saturated carbocycles. The highest BCUT2D eigenvalue weighted by Crippen LogP contribution is 2.18. The van der Waals surface area contributed by atoms with Crippen molar-refractivity contribution in [2.24, 2.45) is 0 Å². The van der Waals surface area contributed by atoms with Gasteiger partial charge in [0.15, 0.2) is 0 Å². The summed E-state index contributed by atoms with van der Waals surface area (Å²) in [5.41, 5.74) is 1.83. The van der Waals surface area contributed by atoms with E-state index in [-0.39, 0.29) is 24.4 Å². The Kier molecular flexibility index (Phi) is 5.63. The van der Waals surface area contributed by atoms with Crippen molar-refractivity contribution in [1.82, 2.24) is 10.2 Å². The van der Waals surface area contributed by atoms with Crippen LogP contribution in [0.5, 0.6) is 0 Å². The average Bonchev–Trinajstić information content (AvgIpc) is 2.29. The molecule has 0 aliphatic carbocycles. The van der Waals surface area contributed by atoms with Gasteiger partial charge in [-0.25, -0.2) is 0 Å². The Labute approximate surface area is 122 Å². The van der Waals surface area contributed by atoms with Gasteiger partial charge < -0.3 is 10.2 Å². The van der Waals surface area contributed by atoms with Gasteiger partial charge in [0.2, 0.25) is 0 Å². The van der Waals surface area contributed by atoms with Crippen LogP contribution in [0.2, 0.25) is 0 Å². The predicted octanol–water partition coefficient (Wildman–Crippen LogP) is 2.61. The maximum absolute atomic E-state index is 12.4. The van der Waals surface area contributed by atoms with E-state index in [1.807, 2.05) is 30.0 Å². The molecule has 5 heteroatoms. The first-order valence-electron chi connectivity index (χ1n) is 5.87. The van der Waals surface area contributed by atoms with Crippen LogP contribution < -0.4 is 5.32 Å². The van der Waals surface area contributed by atoms with Gasteiger partial charge in [0.05, 0.1) is 0 Å². The molecule has 0 bridgehead atoms. The number of piperazine rings is 1. The van der Waals surface area contributed by atoms with Crippen molar-refractivity contribution >= 4 is 34.2 Å². The molecule has 1 aliphatic heterocycles. The first-order chi connectivity index (χ1) is 8.09. The number of rotatable bonds is 1. The van der Waals surface area contributed by atoms with Crippen LogP contribution in [0.4, 0.5) is 0 Å². The zero-order valence-corrected chi connectivity index (χ0v) is 13.0. The van der Waals surface area contributed by atoms with E-state index in [9.17, 15) is 4.79 Å². The van der Waals surface area contributed by atoms with E-state index in [2.05, 4.69) is 28.2 Å². The lowest BCUT2D eigenvalue weighted by atomic mass is 10.1. The summed E-state index contributed by atoms with van der Waals surface area (Å²) in [4.78, 5) is 14.4. The van der Waals surface area contributed by atoms with Crippen molar-refractivity contribution in [2.75, 3.05) is 19.6 Å². The van der Waals surface area contributed by atoms with Crippen molar-refractivity contribution in [1.29, 1.82) is 0 Å². The molecule has 2 rings (SSSR count). The minimum atomic E-state index is 0. The zero-order valence-electron chi connectivity index (χ0n) is 10.6.